The molecule has 0 aliphatic heterocycles. The van der Waals surface area contributed by atoms with Gasteiger partial charge in [-0.25, -0.2) is 0 Å². The van der Waals surface area contributed by atoms with E-state index in [-0.39, 0.29) is 29.7 Å². The Bertz CT molecular complexity index is 95.1. The van der Waals surface area contributed by atoms with Crippen molar-refractivity contribution in [3.8, 4) is 0 Å². The summed E-state index contributed by atoms with van der Waals surface area (Å²) in [6, 6.07) is 0. The van der Waals surface area contributed by atoms with Gasteiger partial charge >= 0.3 is 8.80 Å². The quantitative estimate of drug-likeness (QED) is 0.547. The molecule has 0 heterocycles. The summed E-state index contributed by atoms with van der Waals surface area (Å²) in [5, 5.41) is 2.91. The first-order valence-corrected chi connectivity index (χ1v) is 5.24. The highest BCUT2D eigenvalue weighted by molar-refractivity contribution is 6.60. The van der Waals surface area contributed by atoms with Crippen molar-refractivity contribution >= 4 is 8.80 Å². The molecule has 0 radical (unpaired) electrons. The van der Waals surface area contributed by atoms with Crippen LogP contribution in [0.5, 0.6) is 0 Å². The average molecular weight is 244 g/mol. The molecule has 0 amide bonds. The molecule has 0 aliphatic carbocycles. The van der Waals surface area contributed by atoms with Gasteiger partial charge in [0.05, 0.1) is 6.17 Å². The van der Waals surface area contributed by atoms with Crippen LogP contribution in [0.2, 0.25) is 0 Å². The smallest absolute Gasteiger partial charge is 0.376 e. The van der Waals surface area contributed by atoms with Crippen molar-refractivity contribution in [1.29, 1.82) is 0 Å². The minimum absolute atomic E-state index is 0. The highest BCUT2D eigenvalue weighted by Crippen LogP contribution is 2.02. The summed E-state index contributed by atoms with van der Waals surface area (Å²) in [6.45, 7) is 0.394. The summed E-state index contributed by atoms with van der Waals surface area (Å²) in [5.41, 5.74) is 5.24. The monoisotopic (exact) mass is 244 g/mol. The lowest BCUT2D eigenvalue weighted by atomic mass is 11.1. The summed E-state index contributed by atoms with van der Waals surface area (Å²) in [4.78, 5) is 0. The van der Waals surface area contributed by atoms with Gasteiger partial charge in [0, 0.05) is 28.0 Å². The molecule has 3 N–H and O–H groups in total. The molecule has 0 aromatic heterocycles. The van der Waals surface area contributed by atoms with Crippen molar-refractivity contribution in [2.24, 2.45) is 5.73 Å². The molecule has 0 saturated heterocycles. The van der Waals surface area contributed by atoms with Crippen LogP contribution in [0.1, 0.15) is 29.7 Å². The second-order valence-corrected chi connectivity index (χ2v) is 4.87. The summed E-state index contributed by atoms with van der Waals surface area (Å²) in [5.74, 6) is 0. The lowest BCUT2D eigenvalue weighted by Crippen LogP contribution is -2.53. The van der Waals surface area contributed by atoms with Crippen LogP contribution < -0.4 is 11.1 Å². The van der Waals surface area contributed by atoms with Crippen LogP contribution in [0.25, 0.3) is 0 Å². The topological polar surface area (TPSA) is 65.7 Å². The van der Waals surface area contributed by atoms with Crippen LogP contribution in [0.3, 0.4) is 0 Å². The van der Waals surface area contributed by atoms with Gasteiger partial charge in [-0.2, -0.15) is 0 Å². The molecule has 0 fully saturated rings. The zero-order chi connectivity index (χ0) is 8.74. The molecule has 0 rings (SSSR count). The first-order chi connectivity index (χ1) is 5.24. The normalized spacial score (nSPS) is 8.80. The molecular formula is C9H32N2O3Si. The molecule has 0 bridgehead atoms. The summed E-state index contributed by atoms with van der Waals surface area (Å²) in [7, 11) is 2.27. The number of hydrogen-bond acceptors (Lipinski definition) is 5. The second-order valence-electron chi connectivity index (χ2n) is 1.93. The van der Waals surface area contributed by atoms with Crippen molar-refractivity contribution in [1.82, 2.24) is 5.32 Å². The van der Waals surface area contributed by atoms with E-state index in [1.165, 1.54) is 0 Å². The molecule has 15 heavy (non-hydrogen) atoms. The fourth-order valence-electron chi connectivity index (χ4n) is 0.692. The average Bonchev–Trinajstić information content (AvgIpc) is 2.08. The van der Waals surface area contributed by atoms with E-state index < -0.39 is 8.80 Å². The standard InChI is InChI=1S/C5H16N2O3Si.4CH4/c1-8-11(9-2,10-3)5-7-4-6;;;;/h7H,4-6H2,1-3H3;4*1H4. The molecule has 0 spiro atoms. The van der Waals surface area contributed by atoms with Gasteiger partial charge in [0.15, 0.2) is 0 Å². The zero-order valence-corrected chi connectivity index (χ0v) is 8.22. The fraction of sp³-hybridized carbons (Fsp3) is 1.00. The predicted molar refractivity (Wildman–Crippen MR) is 70.8 cm³/mol. The molecule has 0 aromatic carbocycles. The van der Waals surface area contributed by atoms with E-state index in [2.05, 4.69) is 5.32 Å². The van der Waals surface area contributed by atoms with Gasteiger partial charge in [-0.3, -0.25) is 0 Å². The Labute approximate surface area is 97.7 Å². The maximum atomic E-state index is 5.24. The Morgan fingerprint density at radius 2 is 1.27 bits per heavy atom. The highest BCUT2D eigenvalue weighted by atomic mass is 28.4. The van der Waals surface area contributed by atoms with E-state index >= 15 is 0 Å². The maximum Gasteiger partial charge on any atom is 0.514 e. The Kier molecular flexibility index (Phi) is 32.2. The maximum absolute atomic E-state index is 5.24. The molecule has 6 heteroatoms. The van der Waals surface area contributed by atoms with Crippen molar-refractivity contribution < 1.29 is 13.3 Å². The summed E-state index contributed by atoms with van der Waals surface area (Å²) >= 11 is 0. The second kappa shape index (κ2) is 16.4. The molecule has 0 atom stereocenters. The van der Waals surface area contributed by atoms with Gasteiger partial charge in [-0.1, -0.05) is 29.7 Å². The van der Waals surface area contributed by atoms with Crippen molar-refractivity contribution in [3.05, 3.63) is 0 Å². The highest BCUT2D eigenvalue weighted by Gasteiger charge is 2.36. The lowest BCUT2D eigenvalue weighted by molar-refractivity contribution is 0.122. The Morgan fingerprint density at radius 3 is 1.47 bits per heavy atom. The van der Waals surface area contributed by atoms with Crippen molar-refractivity contribution in [2.75, 3.05) is 34.2 Å². The molecule has 100 valence electrons. The summed E-state index contributed by atoms with van der Waals surface area (Å²) in [6.07, 6.45) is 0.535. The minimum Gasteiger partial charge on any atom is -0.376 e. The third-order valence-electron chi connectivity index (χ3n) is 1.42. The van der Waals surface area contributed by atoms with Gasteiger partial charge in [0.2, 0.25) is 0 Å². The van der Waals surface area contributed by atoms with Crippen LogP contribution in [-0.2, 0) is 13.3 Å². The van der Waals surface area contributed by atoms with Crippen LogP contribution in [-0.4, -0.2) is 43.0 Å². The van der Waals surface area contributed by atoms with E-state index in [9.17, 15) is 0 Å². The van der Waals surface area contributed by atoms with Crippen LogP contribution in [0, 0.1) is 0 Å². The van der Waals surface area contributed by atoms with Crippen molar-refractivity contribution in [2.45, 2.75) is 29.7 Å². The van der Waals surface area contributed by atoms with E-state index in [0.717, 1.165) is 0 Å². The third kappa shape index (κ3) is 10.3. The third-order valence-corrected chi connectivity index (χ3v) is 3.97. The molecule has 0 aromatic rings. The predicted octanol–water partition coefficient (Wildman–Crippen LogP) is 1.45. The van der Waals surface area contributed by atoms with Gasteiger partial charge in [-0.05, 0) is 0 Å². The number of nitrogens with one attached hydrogen (secondary N) is 1. The van der Waals surface area contributed by atoms with Gasteiger partial charge in [0.1, 0.15) is 0 Å². The number of nitrogens with two attached hydrogens (primary N) is 1. The van der Waals surface area contributed by atoms with Crippen molar-refractivity contribution in [3.63, 3.8) is 0 Å². The number of hydrogen-bond donors (Lipinski definition) is 2. The Balaban J connectivity index is -0.0000000833. The first-order valence-electron chi connectivity index (χ1n) is 3.31. The zero-order valence-electron chi connectivity index (χ0n) is 7.22. The SMILES string of the molecule is C.C.C.C.CO[Si](CNCN)(OC)OC. The van der Waals surface area contributed by atoms with Gasteiger partial charge in [0.25, 0.3) is 0 Å². The first kappa shape index (κ1) is 29.4. The molecule has 0 aliphatic rings. The van der Waals surface area contributed by atoms with Crippen LogP contribution >= 0.6 is 0 Å². The molecular weight excluding hydrogens is 212 g/mol. The molecule has 0 unspecified atom stereocenters. The van der Waals surface area contributed by atoms with Crippen LogP contribution in [0.4, 0.5) is 0 Å². The van der Waals surface area contributed by atoms with Gasteiger partial charge in [-0.15, -0.1) is 0 Å². The summed E-state index contributed by atoms with van der Waals surface area (Å²) < 4.78 is 15.3. The van der Waals surface area contributed by atoms with E-state index in [1.807, 2.05) is 0 Å². The lowest BCUT2D eigenvalue weighted by Gasteiger charge is -2.24. The Morgan fingerprint density at radius 1 is 0.933 bits per heavy atom. The van der Waals surface area contributed by atoms with E-state index in [0.29, 0.717) is 12.8 Å². The van der Waals surface area contributed by atoms with Gasteiger partial charge < -0.3 is 24.3 Å². The largest absolute Gasteiger partial charge is 0.514 e. The van der Waals surface area contributed by atoms with Crippen LogP contribution in [0.15, 0.2) is 0 Å². The number of rotatable bonds is 6. The fourth-order valence-corrected chi connectivity index (χ4v) is 2.08. The Hall–Kier alpha value is 0.0169. The minimum atomic E-state index is -2.43. The van der Waals surface area contributed by atoms with E-state index in [4.69, 9.17) is 19.0 Å². The van der Waals surface area contributed by atoms with E-state index in [1.54, 1.807) is 21.3 Å². The molecule has 5 nitrogen and oxygen atoms in total. The molecule has 0 saturated carbocycles.